The molecule has 1 saturated carbocycles. The summed E-state index contributed by atoms with van der Waals surface area (Å²) in [6.45, 7) is 4.07. The second-order valence-electron chi connectivity index (χ2n) is 8.62. The summed E-state index contributed by atoms with van der Waals surface area (Å²) >= 11 is 0. The standard InChI is InChI=1S/C24H28FN7O/c1-14(2)27-12-18(10-26)17-7-15(8-19(25)9-17)11-28-24(33)21-20-23(30-13-29-21)32-22(31-20)16-5-3-4-6-16/h7-10,12-14,16,26-27H,3-6,11H2,1-2H3,(H,28,33)(H,29,30,31,32)/b18-12+,26-10?. The van der Waals surface area contributed by atoms with Crippen LogP contribution in [0.3, 0.4) is 0 Å². The van der Waals surface area contributed by atoms with Crippen LogP contribution in [0.5, 0.6) is 0 Å². The zero-order chi connectivity index (χ0) is 23.4. The molecule has 2 aromatic heterocycles. The van der Waals surface area contributed by atoms with E-state index in [-0.39, 0.29) is 24.2 Å². The van der Waals surface area contributed by atoms with Gasteiger partial charge in [0.15, 0.2) is 11.3 Å². The van der Waals surface area contributed by atoms with Crippen LogP contribution in [0.4, 0.5) is 4.39 Å². The fourth-order valence-electron chi connectivity index (χ4n) is 4.06. The Morgan fingerprint density at radius 3 is 2.79 bits per heavy atom. The van der Waals surface area contributed by atoms with Gasteiger partial charge in [-0.2, -0.15) is 0 Å². The number of imidazole rings is 1. The first-order valence-electron chi connectivity index (χ1n) is 11.2. The van der Waals surface area contributed by atoms with Crippen LogP contribution in [-0.2, 0) is 6.54 Å². The number of halogens is 1. The lowest BCUT2D eigenvalue weighted by atomic mass is 10.0. The Balaban J connectivity index is 1.52. The van der Waals surface area contributed by atoms with Gasteiger partial charge in [0.1, 0.15) is 23.5 Å². The molecule has 1 aromatic carbocycles. The minimum absolute atomic E-state index is 0.113. The van der Waals surface area contributed by atoms with Gasteiger partial charge in [0.05, 0.1) is 0 Å². The summed E-state index contributed by atoms with van der Waals surface area (Å²) in [6.07, 6.45) is 8.71. The van der Waals surface area contributed by atoms with E-state index in [0.29, 0.717) is 33.8 Å². The molecule has 0 saturated heterocycles. The summed E-state index contributed by atoms with van der Waals surface area (Å²) in [4.78, 5) is 29.1. The van der Waals surface area contributed by atoms with Crippen molar-refractivity contribution in [2.75, 3.05) is 0 Å². The highest BCUT2D eigenvalue weighted by molar-refractivity contribution is 6.08. The van der Waals surface area contributed by atoms with Crippen molar-refractivity contribution < 1.29 is 9.18 Å². The lowest BCUT2D eigenvalue weighted by molar-refractivity contribution is 0.0947. The monoisotopic (exact) mass is 449 g/mol. The summed E-state index contributed by atoms with van der Waals surface area (Å²) in [5.74, 6) is 0.391. The van der Waals surface area contributed by atoms with Crippen molar-refractivity contribution in [1.29, 1.82) is 5.41 Å². The molecule has 0 aliphatic heterocycles. The fourth-order valence-corrected chi connectivity index (χ4v) is 4.06. The van der Waals surface area contributed by atoms with Crippen LogP contribution >= 0.6 is 0 Å². The van der Waals surface area contributed by atoms with Crippen LogP contribution in [-0.4, -0.2) is 38.1 Å². The summed E-state index contributed by atoms with van der Waals surface area (Å²) in [6, 6.07) is 4.68. The molecule has 0 atom stereocenters. The van der Waals surface area contributed by atoms with Crippen LogP contribution in [0.25, 0.3) is 16.7 Å². The molecule has 33 heavy (non-hydrogen) atoms. The van der Waals surface area contributed by atoms with E-state index in [0.717, 1.165) is 18.7 Å². The molecule has 1 amide bonds. The van der Waals surface area contributed by atoms with Crippen molar-refractivity contribution in [2.45, 2.75) is 58.0 Å². The van der Waals surface area contributed by atoms with Crippen LogP contribution in [0.1, 0.15) is 72.9 Å². The highest BCUT2D eigenvalue weighted by Gasteiger charge is 2.23. The van der Waals surface area contributed by atoms with Gasteiger partial charge in [-0.1, -0.05) is 12.8 Å². The zero-order valence-corrected chi connectivity index (χ0v) is 18.8. The molecule has 3 aromatic rings. The molecule has 172 valence electrons. The van der Waals surface area contributed by atoms with Gasteiger partial charge in [0, 0.05) is 36.5 Å². The highest BCUT2D eigenvalue weighted by atomic mass is 19.1. The number of nitrogens with zero attached hydrogens (tertiary/aromatic N) is 3. The molecular weight excluding hydrogens is 421 g/mol. The number of hydrogen-bond acceptors (Lipinski definition) is 6. The number of carbonyl (C=O) groups is 1. The third kappa shape index (κ3) is 5.24. The van der Waals surface area contributed by atoms with E-state index in [2.05, 4.69) is 30.6 Å². The second kappa shape index (κ2) is 9.89. The average molecular weight is 450 g/mol. The topological polar surface area (TPSA) is 119 Å². The second-order valence-corrected chi connectivity index (χ2v) is 8.62. The maximum atomic E-state index is 14.3. The smallest absolute Gasteiger partial charge is 0.272 e. The molecule has 1 fully saturated rings. The van der Waals surface area contributed by atoms with E-state index in [9.17, 15) is 9.18 Å². The number of fused-ring (bicyclic) bond motifs is 1. The summed E-state index contributed by atoms with van der Waals surface area (Å²) < 4.78 is 14.3. The van der Waals surface area contributed by atoms with E-state index in [1.54, 1.807) is 12.3 Å². The van der Waals surface area contributed by atoms with Crippen molar-refractivity contribution in [3.05, 3.63) is 59.2 Å². The molecule has 9 heteroatoms. The number of aromatic nitrogens is 4. The Morgan fingerprint density at radius 1 is 1.27 bits per heavy atom. The van der Waals surface area contributed by atoms with Gasteiger partial charge >= 0.3 is 0 Å². The molecular formula is C24H28FN7O. The minimum Gasteiger partial charge on any atom is -0.388 e. The molecule has 0 bridgehead atoms. The van der Waals surface area contributed by atoms with Gasteiger partial charge < -0.3 is 21.0 Å². The molecule has 0 spiro atoms. The lowest BCUT2D eigenvalue weighted by Gasteiger charge is -2.10. The van der Waals surface area contributed by atoms with E-state index in [4.69, 9.17) is 5.41 Å². The number of hydrogen-bond donors (Lipinski definition) is 4. The van der Waals surface area contributed by atoms with Crippen LogP contribution in [0.2, 0.25) is 0 Å². The molecule has 1 aliphatic carbocycles. The van der Waals surface area contributed by atoms with Gasteiger partial charge in [-0.3, -0.25) is 4.79 Å². The Bertz CT molecular complexity index is 1190. The van der Waals surface area contributed by atoms with Gasteiger partial charge in [-0.15, -0.1) is 0 Å². The van der Waals surface area contributed by atoms with Crippen LogP contribution in [0.15, 0.2) is 30.7 Å². The molecule has 0 unspecified atom stereocenters. The maximum Gasteiger partial charge on any atom is 0.272 e. The summed E-state index contributed by atoms with van der Waals surface area (Å²) in [5, 5.41) is 13.6. The van der Waals surface area contributed by atoms with Crippen molar-refractivity contribution in [2.24, 2.45) is 0 Å². The first kappa shape index (κ1) is 22.6. The largest absolute Gasteiger partial charge is 0.388 e. The SMILES string of the molecule is CC(C)N/C=C(\C=N)c1cc(F)cc(CNC(=O)c2ncnc3nc(C4CCCC4)[nH]c23)c1. The third-order valence-corrected chi connectivity index (χ3v) is 5.74. The zero-order valence-electron chi connectivity index (χ0n) is 18.8. The first-order chi connectivity index (χ1) is 15.9. The van der Waals surface area contributed by atoms with Crippen molar-refractivity contribution in [3.63, 3.8) is 0 Å². The Hall–Kier alpha value is -3.62. The number of carbonyl (C=O) groups excluding carboxylic acids is 1. The Kier molecular flexibility index (Phi) is 6.76. The number of benzene rings is 1. The van der Waals surface area contributed by atoms with E-state index >= 15 is 0 Å². The molecule has 8 nitrogen and oxygen atoms in total. The van der Waals surface area contributed by atoms with Gasteiger partial charge in [-0.05, 0) is 56.0 Å². The van der Waals surface area contributed by atoms with E-state index in [1.807, 2.05) is 13.8 Å². The summed E-state index contributed by atoms with van der Waals surface area (Å²) in [5.41, 5.74) is 2.90. The average Bonchev–Trinajstić information content (AvgIpc) is 3.47. The molecule has 4 rings (SSSR count). The third-order valence-electron chi connectivity index (χ3n) is 5.74. The number of H-pyrrole nitrogens is 1. The van der Waals surface area contributed by atoms with Crippen molar-refractivity contribution in [1.82, 2.24) is 30.6 Å². The number of nitrogens with one attached hydrogen (secondary N) is 4. The fraction of sp³-hybridized carbons (Fsp3) is 0.375. The van der Waals surface area contributed by atoms with Crippen LogP contribution < -0.4 is 10.6 Å². The Morgan fingerprint density at radius 2 is 2.06 bits per heavy atom. The van der Waals surface area contributed by atoms with Crippen molar-refractivity contribution >= 4 is 28.9 Å². The van der Waals surface area contributed by atoms with Crippen LogP contribution in [0, 0.1) is 11.2 Å². The number of rotatable bonds is 8. The number of allylic oxidation sites excluding steroid dienone is 1. The predicted octanol–water partition coefficient (Wildman–Crippen LogP) is 4.07. The van der Waals surface area contributed by atoms with Crippen molar-refractivity contribution in [3.8, 4) is 0 Å². The molecule has 0 radical (unpaired) electrons. The lowest BCUT2D eigenvalue weighted by Crippen LogP contribution is -2.24. The quantitative estimate of drug-likeness (QED) is 0.387. The van der Waals surface area contributed by atoms with Gasteiger partial charge in [0.2, 0.25) is 0 Å². The predicted molar refractivity (Wildman–Crippen MR) is 125 cm³/mol. The van der Waals surface area contributed by atoms with E-state index in [1.165, 1.54) is 37.5 Å². The minimum atomic E-state index is -0.437. The number of amides is 1. The Labute approximate surface area is 191 Å². The summed E-state index contributed by atoms with van der Waals surface area (Å²) in [7, 11) is 0. The highest BCUT2D eigenvalue weighted by Crippen LogP contribution is 2.33. The van der Waals surface area contributed by atoms with E-state index < -0.39 is 5.82 Å². The maximum absolute atomic E-state index is 14.3. The van der Waals surface area contributed by atoms with Gasteiger partial charge in [-0.25, -0.2) is 19.3 Å². The molecule has 2 heterocycles. The van der Waals surface area contributed by atoms with Gasteiger partial charge in [0.25, 0.3) is 5.91 Å². The first-order valence-corrected chi connectivity index (χ1v) is 11.2. The molecule has 1 aliphatic rings. The normalized spacial score (nSPS) is 14.7. The number of aromatic amines is 1. The molecule has 4 N–H and O–H groups in total.